The molecule has 0 spiro atoms. The van der Waals surface area contributed by atoms with Gasteiger partial charge in [0.15, 0.2) is 5.78 Å². The van der Waals surface area contributed by atoms with Crippen molar-refractivity contribution >= 4 is 29.3 Å². The summed E-state index contributed by atoms with van der Waals surface area (Å²) in [5, 5.41) is 8.47. The molecule has 32 heavy (non-hydrogen) atoms. The van der Waals surface area contributed by atoms with Crippen molar-refractivity contribution in [1.29, 1.82) is 0 Å². The molecule has 0 unspecified atom stereocenters. The van der Waals surface area contributed by atoms with Crippen LogP contribution in [0, 0.1) is 13.8 Å². The average molecular weight is 464 g/mol. The topological polar surface area (TPSA) is 60.9 Å². The van der Waals surface area contributed by atoms with Gasteiger partial charge in [-0.15, -0.1) is 10.2 Å². The summed E-state index contributed by atoms with van der Waals surface area (Å²) in [5.74, 6) is 1.56. The average Bonchev–Trinajstić information content (AvgIpc) is 3.39. The van der Waals surface area contributed by atoms with Gasteiger partial charge in [-0.1, -0.05) is 72.4 Å². The van der Waals surface area contributed by atoms with Gasteiger partial charge in [-0.2, -0.15) is 11.8 Å². The normalized spacial score (nSPS) is 11.2. The molecule has 0 fully saturated rings. The van der Waals surface area contributed by atoms with Gasteiger partial charge in [-0.3, -0.25) is 4.79 Å². The summed E-state index contributed by atoms with van der Waals surface area (Å²) in [5.41, 5.74) is 5.10. The van der Waals surface area contributed by atoms with Crippen LogP contribution in [0.4, 0.5) is 0 Å². The second-order valence-electron chi connectivity index (χ2n) is 7.49. The maximum absolute atomic E-state index is 13.1. The molecule has 2 heterocycles. The Kier molecular flexibility index (Phi) is 7.17. The third-order valence-corrected chi connectivity index (χ3v) is 6.67. The van der Waals surface area contributed by atoms with E-state index in [2.05, 4.69) is 70.2 Å². The molecule has 0 N–H and O–H groups in total. The Balaban J connectivity index is 1.62. The molecule has 0 aliphatic rings. The molecule has 4 aromatic rings. The summed E-state index contributed by atoms with van der Waals surface area (Å²) >= 11 is 2.91. The molecule has 2 aromatic heterocycles. The van der Waals surface area contributed by atoms with E-state index in [0.29, 0.717) is 16.9 Å². The number of nitrogens with zero attached hydrogens (tertiary/aromatic N) is 3. The summed E-state index contributed by atoms with van der Waals surface area (Å²) in [4.78, 5) is 13.1. The van der Waals surface area contributed by atoms with E-state index in [0.717, 1.165) is 17.0 Å². The van der Waals surface area contributed by atoms with Gasteiger partial charge in [0.2, 0.25) is 5.89 Å². The van der Waals surface area contributed by atoms with Crippen LogP contribution >= 0.6 is 23.5 Å². The Morgan fingerprint density at radius 3 is 2.22 bits per heavy atom. The molecule has 0 aliphatic carbocycles. The van der Waals surface area contributed by atoms with E-state index in [1.54, 1.807) is 11.8 Å². The molecule has 0 radical (unpaired) electrons. The third kappa shape index (κ3) is 4.84. The van der Waals surface area contributed by atoms with E-state index < -0.39 is 0 Å². The van der Waals surface area contributed by atoms with Gasteiger partial charge >= 0.3 is 0 Å². The lowest BCUT2D eigenvalue weighted by molar-refractivity contribution is 0.102. The van der Waals surface area contributed by atoms with Gasteiger partial charge in [0.1, 0.15) is 0 Å². The molecule has 0 aliphatic heterocycles. The fourth-order valence-corrected chi connectivity index (χ4v) is 4.93. The first-order valence-electron chi connectivity index (χ1n) is 10.3. The Morgan fingerprint density at radius 2 is 1.62 bits per heavy atom. The van der Waals surface area contributed by atoms with Gasteiger partial charge < -0.3 is 8.98 Å². The van der Waals surface area contributed by atoms with Gasteiger partial charge in [-0.05, 0) is 37.3 Å². The predicted octanol–water partition coefficient (Wildman–Crippen LogP) is 5.96. The van der Waals surface area contributed by atoms with Crippen molar-refractivity contribution in [1.82, 2.24) is 14.8 Å². The van der Waals surface area contributed by atoms with E-state index in [1.807, 2.05) is 31.4 Å². The van der Waals surface area contributed by atoms with Gasteiger partial charge in [0.25, 0.3) is 5.22 Å². The lowest BCUT2D eigenvalue weighted by Gasteiger charge is -2.24. The van der Waals surface area contributed by atoms with E-state index in [9.17, 15) is 4.79 Å². The predicted molar refractivity (Wildman–Crippen MR) is 131 cm³/mol. The van der Waals surface area contributed by atoms with Crippen molar-refractivity contribution < 1.29 is 9.21 Å². The van der Waals surface area contributed by atoms with Crippen LogP contribution in [-0.2, 0) is 5.75 Å². The third-order valence-electron chi connectivity index (χ3n) is 5.32. The number of hydrogen-bond acceptors (Lipinski definition) is 6. The van der Waals surface area contributed by atoms with E-state index in [4.69, 9.17) is 4.42 Å². The van der Waals surface area contributed by atoms with Crippen LogP contribution in [0.2, 0.25) is 0 Å². The van der Waals surface area contributed by atoms with Crippen LogP contribution in [0.1, 0.15) is 44.8 Å². The van der Waals surface area contributed by atoms with Crippen molar-refractivity contribution in [3.8, 4) is 0 Å². The maximum atomic E-state index is 13.1. The monoisotopic (exact) mass is 463 g/mol. The minimum absolute atomic E-state index is 0.00311. The summed E-state index contributed by atoms with van der Waals surface area (Å²) in [6, 6.07) is 22.8. The molecule has 4 rings (SSSR count). The molecule has 2 aromatic carbocycles. The van der Waals surface area contributed by atoms with Gasteiger partial charge in [-0.25, -0.2) is 0 Å². The van der Waals surface area contributed by atoms with Crippen LogP contribution in [0.5, 0.6) is 0 Å². The SMILES string of the molecule is CSCc1nnc(SCC(=O)c2cc(C)n(C(c3ccccc3)c3ccccc3)c2C)o1. The van der Waals surface area contributed by atoms with E-state index >= 15 is 0 Å². The molecule has 5 nitrogen and oxygen atoms in total. The van der Waals surface area contributed by atoms with E-state index in [1.165, 1.54) is 22.9 Å². The largest absolute Gasteiger partial charge is 0.415 e. The van der Waals surface area contributed by atoms with Crippen LogP contribution < -0.4 is 0 Å². The Labute approximate surface area is 196 Å². The number of carbonyl (C=O) groups is 1. The highest BCUT2D eigenvalue weighted by Gasteiger charge is 2.24. The molecule has 0 atom stereocenters. The Hall–Kier alpha value is -2.77. The second-order valence-corrected chi connectivity index (χ2v) is 9.28. The number of ketones is 1. The maximum Gasteiger partial charge on any atom is 0.277 e. The van der Waals surface area contributed by atoms with Crippen LogP contribution in [-0.4, -0.2) is 32.6 Å². The summed E-state index contributed by atoms with van der Waals surface area (Å²) in [6.07, 6.45) is 1.98. The van der Waals surface area contributed by atoms with Crippen molar-refractivity contribution in [3.05, 3.63) is 101 Å². The number of aryl methyl sites for hydroxylation is 1. The minimum Gasteiger partial charge on any atom is -0.415 e. The zero-order chi connectivity index (χ0) is 22.5. The number of benzene rings is 2. The van der Waals surface area contributed by atoms with Crippen LogP contribution in [0.3, 0.4) is 0 Å². The van der Waals surface area contributed by atoms with Crippen LogP contribution in [0.25, 0.3) is 0 Å². The smallest absolute Gasteiger partial charge is 0.277 e. The molecule has 0 saturated heterocycles. The second kappa shape index (κ2) is 10.2. The quantitative estimate of drug-likeness (QED) is 0.225. The van der Waals surface area contributed by atoms with Crippen molar-refractivity contribution in [2.45, 2.75) is 30.9 Å². The Bertz CT molecular complexity index is 1150. The molecule has 0 saturated carbocycles. The highest BCUT2D eigenvalue weighted by molar-refractivity contribution is 7.99. The number of aromatic nitrogens is 3. The Morgan fingerprint density at radius 1 is 1.00 bits per heavy atom. The van der Waals surface area contributed by atoms with Gasteiger partial charge in [0, 0.05) is 17.0 Å². The molecular weight excluding hydrogens is 438 g/mol. The van der Waals surface area contributed by atoms with Crippen molar-refractivity contribution in [2.75, 3.05) is 12.0 Å². The number of carbonyl (C=O) groups excluding carboxylic acids is 1. The molecule has 7 heteroatoms. The highest BCUT2D eigenvalue weighted by Crippen LogP contribution is 2.32. The number of Topliss-reactive ketones (excluding diaryl/α,β-unsaturated/α-hetero) is 1. The standard InChI is InChI=1S/C25H25N3O2S2/c1-17-14-21(22(29)15-32-25-27-26-23(30-25)16-31-3)18(2)28(17)24(19-10-6-4-7-11-19)20-12-8-5-9-13-20/h4-14,24H,15-16H2,1-3H3. The lowest BCUT2D eigenvalue weighted by Crippen LogP contribution is -2.16. The minimum atomic E-state index is -0.00311. The molecular formula is C25H25N3O2S2. The van der Waals surface area contributed by atoms with Crippen molar-refractivity contribution in [3.63, 3.8) is 0 Å². The zero-order valence-electron chi connectivity index (χ0n) is 18.3. The van der Waals surface area contributed by atoms with Crippen LogP contribution in [0.15, 0.2) is 76.4 Å². The number of hydrogen-bond donors (Lipinski definition) is 0. The first kappa shape index (κ1) is 22.4. The zero-order valence-corrected chi connectivity index (χ0v) is 20.0. The summed E-state index contributed by atoms with van der Waals surface area (Å²) in [6.45, 7) is 4.08. The first-order valence-corrected chi connectivity index (χ1v) is 12.7. The lowest BCUT2D eigenvalue weighted by atomic mass is 9.98. The summed E-state index contributed by atoms with van der Waals surface area (Å²) in [7, 11) is 0. The van der Waals surface area contributed by atoms with E-state index in [-0.39, 0.29) is 17.6 Å². The molecule has 0 amide bonds. The highest BCUT2D eigenvalue weighted by atomic mass is 32.2. The number of thioether (sulfide) groups is 2. The fraction of sp³-hybridized carbons (Fsp3) is 0.240. The molecule has 0 bridgehead atoms. The molecule has 164 valence electrons. The first-order chi connectivity index (χ1) is 15.6. The summed E-state index contributed by atoms with van der Waals surface area (Å²) < 4.78 is 7.84. The number of rotatable bonds is 9. The van der Waals surface area contributed by atoms with Gasteiger partial charge in [0.05, 0.1) is 17.5 Å². The fourth-order valence-electron chi connectivity index (χ4n) is 3.90. The van der Waals surface area contributed by atoms with Crippen molar-refractivity contribution in [2.24, 2.45) is 0 Å².